The van der Waals surface area contributed by atoms with Crippen molar-refractivity contribution in [3.8, 4) is 0 Å². The van der Waals surface area contributed by atoms with Gasteiger partial charge in [-0.25, -0.2) is 27.6 Å². The van der Waals surface area contributed by atoms with Gasteiger partial charge < -0.3 is 16.0 Å². The van der Waals surface area contributed by atoms with Crippen LogP contribution in [0.15, 0.2) is 30.9 Å². The predicted molar refractivity (Wildman–Crippen MR) is 132 cm³/mol. The normalized spacial score (nSPS) is 16.9. The number of halogens is 1. The lowest BCUT2D eigenvalue weighted by molar-refractivity contribution is 0.0942. The minimum absolute atomic E-state index is 0.0599. The number of imidazole rings is 1. The molecule has 14 heteroatoms. The smallest absolute Gasteiger partial charge is 0.259 e. The minimum Gasteiger partial charge on any atom is -0.381 e. The van der Waals surface area contributed by atoms with E-state index in [2.05, 4.69) is 25.1 Å². The Kier molecular flexibility index (Phi) is 5.77. The average Bonchev–Trinajstić information content (AvgIpc) is 3.29. The number of nitrogens with zero attached hydrogens (tertiary/aromatic N) is 6. The summed E-state index contributed by atoms with van der Waals surface area (Å²) < 4.78 is 30.2. The van der Waals surface area contributed by atoms with E-state index in [1.165, 1.54) is 4.52 Å². The van der Waals surface area contributed by atoms with Crippen LogP contribution in [0.5, 0.6) is 0 Å². The number of carbonyl (C=O) groups is 1. The Morgan fingerprint density at radius 1 is 1.31 bits per heavy atom. The number of amides is 1. The molecule has 1 atom stereocenters. The van der Waals surface area contributed by atoms with Crippen molar-refractivity contribution in [2.75, 3.05) is 36.0 Å². The number of aryl methyl sites for hydroxylation is 1. The van der Waals surface area contributed by atoms with Crippen molar-refractivity contribution in [3.05, 3.63) is 52.7 Å². The van der Waals surface area contributed by atoms with Crippen LogP contribution in [0.25, 0.3) is 11.2 Å². The van der Waals surface area contributed by atoms with Crippen LogP contribution in [0.3, 0.4) is 0 Å². The van der Waals surface area contributed by atoms with Crippen LogP contribution in [-0.4, -0.2) is 63.7 Å². The number of pyridine rings is 1. The van der Waals surface area contributed by atoms with Gasteiger partial charge in [-0.1, -0.05) is 11.6 Å². The predicted octanol–water partition coefficient (Wildman–Crippen LogP) is 1.15. The van der Waals surface area contributed by atoms with Gasteiger partial charge >= 0.3 is 0 Å². The van der Waals surface area contributed by atoms with E-state index in [-0.39, 0.29) is 30.2 Å². The molecule has 0 radical (unpaired) electrons. The zero-order valence-corrected chi connectivity index (χ0v) is 20.6. The lowest BCUT2D eigenvalue weighted by atomic mass is 10.1. The third-order valence-corrected chi connectivity index (χ3v) is 7.69. The quantitative estimate of drug-likeness (QED) is 0.364. The molecule has 12 nitrogen and oxygen atoms in total. The van der Waals surface area contributed by atoms with E-state index in [0.29, 0.717) is 28.6 Å². The van der Waals surface area contributed by atoms with Crippen LogP contribution in [0, 0.1) is 6.92 Å². The van der Waals surface area contributed by atoms with Crippen molar-refractivity contribution in [2.45, 2.75) is 19.9 Å². The number of fused-ring (bicyclic) bond motifs is 2. The second-order valence-electron chi connectivity index (χ2n) is 8.36. The summed E-state index contributed by atoms with van der Waals surface area (Å²) in [5.74, 6) is 0.279. The Morgan fingerprint density at radius 2 is 2.11 bits per heavy atom. The number of hydrogen-bond acceptors (Lipinski definition) is 8. The van der Waals surface area contributed by atoms with Crippen molar-refractivity contribution < 1.29 is 13.2 Å². The first-order chi connectivity index (χ1) is 16.7. The Bertz CT molecular complexity index is 1560. The molecule has 184 valence electrons. The average molecular weight is 518 g/mol. The highest BCUT2D eigenvalue weighted by molar-refractivity contribution is 7.89. The Morgan fingerprint density at radius 3 is 2.91 bits per heavy atom. The standard InChI is InChI=1S/C21H24ClN9O3S/c1-12(27-20(32)16-18(23)28-31-6-3-4-24-19(16)31)14-10-15(22)17-13(2)25-11-30(17)21(14)29-7-5-26-35(33,34)9-8-29/h3-4,6,10-12,26H,5,7-9H2,1-2H3,(H2,23,28)(H,27,32). The summed E-state index contributed by atoms with van der Waals surface area (Å²) in [6.07, 6.45) is 4.88. The van der Waals surface area contributed by atoms with Gasteiger partial charge in [-0.2, -0.15) is 0 Å². The van der Waals surface area contributed by atoms with Crippen molar-refractivity contribution >= 4 is 50.3 Å². The lowest BCUT2D eigenvalue weighted by Gasteiger charge is -2.29. The van der Waals surface area contributed by atoms with E-state index in [0.717, 1.165) is 11.2 Å². The molecule has 1 aliphatic rings. The van der Waals surface area contributed by atoms with Crippen LogP contribution >= 0.6 is 11.6 Å². The highest BCUT2D eigenvalue weighted by atomic mass is 35.5. The fraction of sp³-hybridized carbons (Fsp3) is 0.333. The fourth-order valence-corrected chi connectivity index (χ4v) is 5.73. The molecule has 5 heterocycles. The van der Waals surface area contributed by atoms with Crippen molar-refractivity contribution in [1.82, 2.24) is 34.0 Å². The molecule has 0 aromatic carbocycles. The molecule has 0 saturated carbocycles. The number of nitrogens with two attached hydrogens (primary N) is 1. The van der Waals surface area contributed by atoms with E-state index < -0.39 is 22.0 Å². The molecule has 4 aromatic heterocycles. The van der Waals surface area contributed by atoms with Gasteiger partial charge in [0.05, 0.1) is 28.0 Å². The number of sulfonamides is 1. The van der Waals surface area contributed by atoms with Crippen LogP contribution in [0.2, 0.25) is 5.02 Å². The number of rotatable bonds is 4. The molecule has 1 amide bonds. The van der Waals surface area contributed by atoms with Crippen LogP contribution < -0.4 is 20.7 Å². The number of nitrogens with one attached hydrogen (secondary N) is 2. The summed E-state index contributed by atoms with van der Waals surface area (Å²) in [4.78, 5) is 23.9. The SMILES string of the molecule is Cc1ncn2c(N3CCNS(=O)(=O)CC3)c(C(C)NC(=O)c3c(N)nn4cccnc34)cc(Cl)c12. The first-order valence-electron chi connectivity index (χ1n) is 10.9. The monoisotopic (exact) mass is 517 g/mol. The van der Waals surface area contributed by atoms with Gasteiger partial charge in [-0.3, -0.25) is 9.20 Å². The molecule has 1 aliphatic heterocycles. The largest absolute Gasteiger partial charge is 0.381 e. The van der Waals surface area contributed by atoms with Crippen molar-refractivity contribution in [1.29, 1.82) is 0 Å². The van der Waals surface area contributed by atoms with E-state index in [1.54, 1.807) is 30.9 Å². The van der Waals surface area contributed by atoms with Crippen molar-refractivity contribution in [2.24, 2.45) is 0 Å². The first-order valence-corrected chi connectivity index (χ1v) is 13.0. The summed E-state index contributed by atoms with van der Waals surface area (Å²) in [6, 6.07) is 2.96. The zero-order chi connectivity index (χ0) is 24.9. The molecular formula is C21H24ClN9O3S. The third-order valence-electron chi connectivity index (χ3n) is 6.04. The molecule has 0 spiro atoms. The lowest BCUT2D eigenvalue weighted by Crippen LogP contribution is -2.34. The maximum Gasteiger partial charge on any atom is 0.259 e. The first kappa shape index (κ1) is 23.3. The highest BCUT2D eigenvalue weighted by Gasteiger charge is 2.28. The third kappa shape index (κ3) is 4.15. The summed E-state index contributed by atoms with van der Waals surface area (Å²) in [7, 11) is -3.37. The molecular weight excluding hydrogens is 494 g/mol. The number of hydrogen-bond donors (Lipinski definition) is 3. The van der Waals surface area contributed by atoms with Gasteiger partial charge in [0.25, 0.3) is 5.91 Å². The summed E-state index contributed by atoms with van der Waals surface area (Å²) >= 11 is 6.64. The highest BCUT2D eigenvalue weighted by Crippen LogP contribution is 2.34. The van der Waals surface area contributed by atoms with E-state index in [1.807, 2.05) is 23.1 Å². The maximum atomic E-state index is 13.3. The van der Waals surface area contributed by atoms with Gasteiger partial charge in [0.1, 0.15) is 17.7 Å². The van der Waals surface area contributed by atoms with Gasteiger partial charge in [0.2, 0.25) is 10.0 Å². The topological polar surface area (TPSA) is 152 Å². The van der Waals surface area contributed by atoms with Crippen LogP contribution in [0.1, 0.15) is 34.6 Å². The van der Waals surface area contributed by atoms with Crippen molar-refractivity contribution in [3.63, 3.8) is 0 Å². The second kappa shape index (κ2) is 8.66. The number of anilines is 2. The van der Waals surface area contributed by atoms with Gasteiger partial charge in [0, 0.05) is 37.6 Å². The molecule has 1 saturated heterocycles. The Labute approximate surface area is 206 Å². The van der Waals surface area contributed by atoms with E-state index in [9.17, 15) is 13.2 Å². The Balaban J connectivity index is 1.57. The number of aromatic nitrogens is 5. The molecule has 4 aromatic rings. The molecule has 0 bridgehead atoms. The van der Waals surface area contributed by atoms with Gasteiger partial charge in [-0.15, -0.1) is 5.10 Å². The molecule has 5 rings (SSSR count). The maximum absolute atomic E-state index is 13.3. The Hall–Kier alpha value is -3.42. The summed E-state index contributed by atoms with van der Waals surface area (Å²) in [6.45, 7) is 4.63. The molecule has 1 fully saturated rings. The van der Waals surface area contributed by atoms with E-state index in [4.69, 9.17) is 17.3 Å². The zero-order valence-electron chi connectivity index (χ0n) is 19.1. The molecule has 1 unspecified atom stereocenters. The van der Waals surface area contributed by atoms with Gasteiger partial charge in [0.15, 0.2) is 11.5 Å². The summed E-state index contributed by atoms with van der Waals surface area (Å²) in [5.41, 5.74) is 8.71. The fourth-order valence-electron chi connectivity index (χ4n) is 4.38. The molecule has 35 heavy (non-hydrogen) atoms. The number of nitrogen functional groups attached to an aromatic ring is 1. The van der Waals surface area contributed by atoms with E-state index >= 15 is 0 Å². The van der Waals surface area contributed by atoms with Crippen LogP contribution in [0.4, 0.5) is 11.6 Å². The molecule has 4 N–H and O–H groups in total. The minimum atomic E-state index is -3.37. The molecule has 0 aliphatic carbocycles. The summed E-state index contributed by atoms with van der Waals surface area (Å²) in [5, 5.41) is 7.60. The van der Waals surface area contributed by atoms with Gasteiger partial charge in [-0.05, 0) is 26.0 Å². The number of carbonyl (C=O) groups excluding carboxylic acids is 1. The van der Waals surface area contributed by atoms with Crippen LogP contribution in [-0.2, 0) is 10.0 Å². The second-order valence-corrected chi connectivity index (χ2v) is 10.7.